The van der Waals surface area contributed by atoms with E-state index >= 15 is 0 Å². The Kier molecular flexibility index (Phi) is 5.02. The van der Waals surface area contributed by atoms with Crippen LogP contribution in [0.1, 0.15) is 31.9 Å². The summed E-state index contributed by atoms with van der Waals surface area (Å²) in [7, 11) is 0. The number of amides is 3. The second-order valence-corrected chi connectivity index (χ2v) is 6.38. The van der Waals surface area contributed by atoms with Crippen LogP contribution < -0.4 is 16.0 Å². The van der Waals surface area contributed by atoms with Crippen LogP contribution >= 0.6 is 0 Å². The molecule has 7 heteroatoms. The number of carbonyl (C=O) groups is 2. The van der Waals surface area contributed by atoms with E-state index in [1.807, 2.05) is 50.4 Å². The zero-order valence-electron chi connectivity index (χ0n) is 14.4. The van der Waals surface area contributed by atoms with Crippen molar-refractivity contribution in [1.29, 1.82) is 0 Å². The maximum atomic E-state index is 12.4. The zero-order valence-corrected chi connectivity index (χ0v) is 14.4. The molecular weight excluding hydrogens is 318 g/mol. The molecular formula is C18H23N5O2. The van der Waals surface area contributed by atoms with E-state index in [0.29, 0.717) is 6.54 Å². The van der Waals surface area contributed by atoms with Crippen LogP contribution in [0.4, 0.5) is 4.79 Å². The van der Waals surface area contributed by atoms with Gasteiger partial charge in [0.15, 0.2) is 0 Å². The highest BCUT2D eigenvalue weighted by atomic mass is 16.2. The summed E-state index contributed by atoms with van der Waals surface area (Å²) in [6.07, 6.45) is 4.43. The normalized spacial score (nSPS) is 21.3. The van der Waals surface area contributed by atoms with Crippen LogP contribution in [0, 0.1) is 5.92 Å². The first kappa shape index (κ1) is 17.0. The highest BCUT2D eigenvalue weighted by Gasteiger charge is 2.30. The van der Waals surface area contributed by atoms with Gasteiger partial charge in [-0.15, -0.1) is 0 Å². The lowest BCUT2D eigenvalue weighted by Gasteiger charge is -2.29. The molecule has 0 unspecified atom stereocenters. The van der Waals surface area contributed by atoms with Crippen molar-refractivity contribution >= 4 is 11.9 Å². The minimum Gasteiger partial charge on any atom is -0.354 e. The fourth-order valence-electron chi connectivity index (χ4n) is 3.10. The molecule has 1 aromatic heterocycles. The van der Waals surface area contributed by atoms with Gasteiger partial charge in [-0.3, -0.25) is 4.79 Å². The summed E-state index contributed by atoms with van der Waals surface area (Å²) in [5.74, 6) is -0.00957. The minimum atomic E-state index is -0.498. The molecule has 3 amide bonds. The number of aromatic nitrogens is 2. The number of carbonyl (C=O) groups excluding carboxylic acids is 2. The topological polar surface area (TPSA) is 88.0 Å². The fourth-order valence-corrected chi connectivity index (χ4v) is 3.10. The number of hydrogen-bond donors (Lipinski definition) is 3. The van der Waals surface area contributed by atoms with Crippen molar-refractivity contribution in [2.24, 2.45) is 5.92 Å². The first-order valence-electron chi connectivity index (χ1n) is 8.50. The zero-order chi connectivity index (χ0) is 17.8. The molecule has 1 fully saturated rings. The summed E-state index contributed by atoms with van der Waals surface area (Å²) in [5.41, 5.74) is 1.85. The molecule has 3 rings (SSSR count). The molecule has 2 aromatic rings. The smallest absolute Gasteiger partial charge is 0.315 e. The van der Waals surface area contributed by atoms with E-state index in [-0.39, 0.29) is 23.9 Å². The largest absolute Gasteiger partial charge is 0.354 e. The molecule has 0 bridgehead atoms. The van der Waals surface area contributed by atoms with Crippen LogP contribution in [0.2, 0.25) is 0 Å². The lowest BCUT2D eigenvalue weighted by atomic mass is 9.94. The Labute approximate surface area is 146 Å². The molecule has 1 aliphatic heterocycles. The van der Waals surface area contributed by atoms with Crippen molar-refractivity contribution < 1.29 is 9.59 Å². The molecule has 0 saturated carbocycles. The Balaban J connectivity index is 1.69. The Morgan fingerprint density at radius 3 is 2.88 bits per heavy atom. The van der Waals surface area contributed by atoms with Crippen LogP contribution in [0.5, 0.6) is 0 Å². The average molecular weight is 341 g/mol. The first-order chi connectivity index (χ1) is 12.1. The summed E-state index contributed by atoms with van der Waals surface area (Å²) in [4.78, 5) is 24.3. The third-order valence-electron chi connectivity index (χ3n) is 4.54. The number of urea groups is 1. The third-order valence-corrected chi connectivity index (χ3v) is 4.54. The second-order valence-electron chi connectivity index (χ2n) is 6.38. The van der Waals surface area contributed by atoms with Gasteiger partial charge < -0.3 is 16.0 Å². The molecule has 1 aliphatic rings. The standard InChI is InChI=1S/C18H23N5O2/c1-12-8-10-19-17(24)16(12)22-18(25)21-13(2)14-6-3-4-7-15(14)23-11-5-9-20-23/h3-7,9,11-13,16H,8,10H2,1-2H3,(H,19,24)(H2,21,22,25)/t12-,13+,16-/m1/s1. The van der Waals surface area contributed by atoms with E-state index in [0.717, 1.165) is 17.7 Å². The summed E-state index contributed by atoms with van der Waals surface area (Å²) >= 11 is 0. The Bertz CT molecular complexity index is 744. The van der Waals surface area contributed by atoms with Gasteiger partial charge in [-0.05, 0) is 37.0 Å². The summed E-state index contributed by atoms with van der Waals surface area (Å²) < 4.78 is 1.77. The molecule has 2 heterocycles. The van der Waals surface area contributed by atoms with Crippen molar-refractivity contribution in [2.45, 2.75) is 32.4 Å². The van der Waals surface area contributed by atoms with Crippen LogP contribution in [-0.2, 0) is 4.79 Å². The van der Waals surface area contributed by atoms with Gasteiger partial charge in [0.25, 0.3) is 0 Å². The van der Waals surface area contributed by atoms with E-state index in [9.17, 15) is 9.59 Å². The van der Waals surface area contributed by atoms with Crippen LogP contribution in [0.3, 0.4) is 0 Å². The number of hydrogen-bond acceptors (Lipinski definition) is 3. The first-order valence-corrected chi connectivity index (χ1v) is 8.50. The lowest BCUT2D eigenvalue weighted by Crippen LogP contribution is -2.56. The van der Waals surface area contributed by atoms with E-state index < -0.39 is 6.04 Å². The van der Waals surface area contributed by atoms with Gasteiger partial charge in [-0.1, -0.05) is 25.1 Å². The SMILES string of the molecule is C[C@H](NC(=O)N[C@H]1C(=O)NCC[C@H]1C)c1ccccc1-n1cccn1. The van der Waals surface area contributed by atoms with E-state index in [1.54, 1.807) is 10.9 Å². The molecule has 0 spiro atoms. The van der Waals surface area contributed by atoms with Crippen molar-refractivity contribution in [3.63, 3.8) is 0 Å². The number of rotatable bonds is 4. The number of para-hydroxylation sites is 1. The quantitative estimate of drug-likeness (QED) is 0.792. The molecule has 132 valence electrons. The molecule has 25 heavy (non-hydrogen) atoms. The predicted octanol–water partition coefficient (Wildman–Crippen LogP) is 1.76. The third kappa shape index (κ3) is 3.81. The number of piperidine rings is 1. The number of benzene rings is 1. The van der Waals surface area contributed by atoms with Crippen molar-refractivity contribution in [3.05, 3.63) is 48.3 Å². The van der Waals surface area contributed by atoms with Crippen LogP contribution in [0.15, 0.2) is 42.7 Å². The monoisotopic (exact) mass is 341 g/mol. The van der Waals surface area contributed by atoms with Crippen LogP contribution in [-0.4, -0.2) is 34.3 Å². The summed E-state index contributed by atoms with van der Waals surface area (Å²) in [5, 5.41) is 12.7. The maximum Gasteiger partial charge on any atom is 0.315 e. The second kappa shape index (κ2) is 7.38. The lowest BCUT2D eigenvalue weighted by molar-refractivity contribution is -0.125. The summed E-state index contributed by atoms with van der Waals surface area (Å²) in [6.45, 7) is 4.54. The highest BCUT2D eigenvalue weighted by Crippen LogP contribution is 2.21. The Morgan fingerprint density at radius 1 is 1.36 bits per heavy atom. The molecule has 3 atom stereocenters. The van der Waals surface area contributed by atoms with Gasteiger partial charge in [-0.25, -0.2) is 9.48 Å². The van der Waals surface area contributed by atoms with Gasteiger partial charge in [0.2, 0.25) is 5.91 Å². The van der Waals surface area contributed by atoms with E-state index in [1.165, 1.54) is 0 Å². The minimum absolute atomic E-state index is 0.117. The Hall–Kier alpha value is -2.83. The van der Waals surface area contributed by atoms with Crippen molar-refractivity contribution in [3.8, 4) is 5.69 Å². The number of nitrogens with zero attached hydrogens (tertiary/aromatic N) is 2. The van der Waals surface area contributed by atoms with Gasteiger partial charge in [0.05, 0.1) is 11.7 Å². The molecule has 3 N–H and O–H groups in total. The average Bonchev–Trinajstić information content (AvgIpc) is 3.13. The van der Waals surface area contributed by atoms with E-state index in [2.05, 4.69) is 21.0 Å². The fraction of sp³-hybridized carbons (Fsp3) is 0.389. The van der Waals surface area contributed by atoms with Crippen molar-refractivity contribution in [1.82, 2.24) is 25.7 Å². The van der Waals surface area contributed by atoms with E-state index in [4.69, 9.17) is 0 Å². The van der Waals surface area contributed by atoms with Crippen molar-refractivity contribution in [2.75, 3.05) is 6.54 Å². The molecule has 1 aromatic carbocycles. The highest BCUT2D eigenvalue weighted by molar-refractivity contribution is 5.88. The molecule has 0 aliphatic carbocycles. The summed E-state index contributed by atoms with van der Waals surface area (Å²) in [6, 6.07) is 8.54. The molecule has 7 nitrogen and oxygen atoms in total. The predicted molar refractivity (Wildman–Crippen MR) is 94.2 cm³/mol. The molecule has 0 radical (unpaired) electrons. The molecule has 1 saturated heterocycles. The van der Waals surface area contributed by atoms with Gasteiger partial charge in [0, 0.05) is 18.9 Å². The van der Waals surface area contributed by atoms with Crippen LogP contribution in [0.25, 0.3) is 5.69 Å². The number of nitrogens with one attached hydrogen (secondary N) is 3. The van der Waals surface area contributed by atoms with Gasteiger partial charge in [-0.2, -0.15) is 5.10 Å². The Morgan fingerprint density at radius 2 is 2.16 bits per heavy atom. The van der Waals surface area contributed by atoms with Gasteiger partial charge in [0.1, 0.15) is 6.04 Å². The van der Waals surface area contributed by atoms with Gasteiger partial charge >= 0.3 is 6.03 Å². The maximum absolute atomic E-state index is 12.4.